The fourth-order valence-electron chi connectivity index (χ4n) is 7.83. The van der Waals surface area contributed by atoms with E-state index in [4.69, 9.17) is 13.8 Å². The fraction of sp³-hybridized carbons (Fsp3) is 0. The van der Waals surface area contributed by atoms with Gasteiger partial charge in [0.2, 0.25) is 5.89 Å². The lowest BCUT2D eigenvalue weighted by Gasteiger charge is -2.26. The van der Waals surface area contributed by atoms with Gasteiger partial charge in [0.15, 0.2) is 5.58 Å². The van der Waals surface area contributed by atoms with Gasteiger partial charge in [0.1, 0.15) is 16.7 Å². The summed E-state index contributed by atoms with van der Waals surface area (Å²) in [6, 6.07) is 61.4. The first-order valence-electron chi connectivity index (χ1n) is 17.5. The summed E-state index contributed by atoms with van der Waals surface area (Å²) in [7, 11) is 0. The van der Waals surface area contributed by atoms with Crippen molar-refractivity contribution >= 4 is 82.7 Å². The van der Waals surface area contributed by atoms with E-state index < -0.39 is 0 Å². The highest BCUT2D eigenvalue weighted by Gasteiger charge is 2.23. The van der Waals surface area contributed by atoms with Crippen molar-refractivity contribution in [1.82, 2.24) is 9.55 Å². The molecule has 52 heavy (non-hydrogen) atoms. The van der Waals surface area contributed by atoms with Gasteiger partial charge in [0, 0.05) is 49.6 Å². The van der Waals surface area contributed by atoms with Crippen LogP contribution in [0.5, 0.6) is 0 Å². The van der Waals surface area contributed by atoms with Gasteiger partial charge in [-0.3, -0.25) is 0 Å². The summed E-state index contributed by atoms with van der Waals surface area (Å²) in [6.45, 7) is 0. The van der Waals surface area contributed by atoms with E-state index in [1.807, 2.05) is 42.5 Å². The molecule has 11 aromatic rings. The summed E-state index contributed by atoms with van der Waals surface area (Å²) in [5.74, 6) is 0.589. The van der Waals surface area contributed by atoms with Gasteiger partial charge in [0.05, 0.1) is 16.7 Å². The molecule has 0 saturated carbocycles. The van der Waals surface area contributed by atoms with Gasteiger partial charge in [-0.25, -0.2) is 4.98 Å². The Hall–Kier alpha value is -7.11. The van der Waals surface area contributed by atoms with Crippen molar-refractivity contribution < 1.29 is 8.83 Å². The lowest BCUT2D eigenvalue weighted by atomic mass is 10.1. The molecule has 0 atom stereocenters. The van der Waals surface area contributed by atoms with Gasteiger partial charge in [-0.05, 0) is 84.2 Å². The minimum Gasteiger partial charge on any atom is -0.456 e. The summed E-state index contributed by atoms with van der Waals surface area (Å²) in [6.07, 6.45) is 0. The number of furan rings is 1. The number of oxazole rings is 1. The Kier molecular flexibility index (Phi) is 6.18. The molecule has 8 aromatic carbocycles. The summed E-state index contributed by atoms with van der Waals surface area (Å²) in [4.78, 5) is 7.40. The monoisotopic (exact) mass is 667 g/mol. The van der Waals surface area contributed by atoms with Gasteiger partial charge in [0.25, 0.3) is 0 Å². The molecule has 3 aromatic heterocycles. The van der Waals surface area contributed by atoms with E-state index >= 15 is 0 Å². The number of anilines is 3. The Labute approximate surface area is 298 Å². The van der Waals surface area contributed by atoms with Crippen LogP contribution in [0.1, 0.15) is 0 Å². The molecule has 0 saturated heterocycles. The highest BCUT2D eigenvalue weighted by molar-refractivity contribution is 6.13. The second kappa shape index (κ2) is 11.2. The van der Waals surface area contributed by atoms with Crippen molar-refractivity contribution in [2.24, 2.45) is 0 Å². The molecule has 3 heterocycles. The van der Waals surface area contributed by atoms with E-state index in [0.29, 0.717) is 5.89 Å². The molecule has 5 heteroatoms. The number of para-hydroxylation sites is 3. The first-order valence-corrected chi connectivity index (χ1v) is 17.5. The highest BCUT2D eigenvalue weighted by atomic mass is 16.3. The molecule has 0 fully saturated rings. The van der Waals surface area contributed by atoms with Crippen molar-refractivity contribution in [3.05, 3.63) is 176 Å². The maximum Gasteiger partial charge on any atom is 0.227 e. The number of hydrogen-bond donors (Lipinski definition) is 0. The topological polar surface area (TPSA) is 47.3 Å². The zero-order chi connectivity index (χ0) is 34.2. The number of benzene rings is 8. The average molecular weight is 668 g/mol. The van der Waals surface area contributed by atoms with Crippen LogP contribution in [0.15, 0.2) is 185 Å². The van der Waals surface area contributed by atoms with E-state index in [1.54, 1.807) is 0 Å². The van der Waals surface area contributed by atoms with Gasteiger partial charge in [-0.15, -0.1) is 0 Å². The summed E-state index contributed by atoms with van der Waals surface area (Å²) in [5.41, 5.74) is 10.5. The molecule has 0 N–H and O–H groups in total. The van der Waals surface area contributed by atoms with E-state index in [9.17, 15) is 0 Å². The van der Waals surface area contributed by atoms with Crippen molar-refractivity contribution in [1.29, 1.82) is 0 Å². The van der Waals surface area contributed by atoms with Crippen LogP contribution in [-0.4, -0.2) is 9.55 Å². The Morgan fingerprint density at radius 1 is 0.462 bits per heavy atom. The lowest BCUT2D eigenvalue weighted by molar-refractivity contribution is 0.620. The number of aromatic nitrogens is 2. The Balaban J connectivity index is 1.16. The van der Waals surface area contributed by atoms with Crippen LogP contribution in [-0.2, 0) is 0 Å². The minimum atomic E-state index is 0.589. The van der Waals surface area contributed by atoms with Crippen LogP contribution < -0.4 is 4.90 Å². The molecule has 0 aliphatic heterocycles. The number of fused-ring (bicyclic) bond motifs is 9. The molecule has 0 bridgehead atoms. The SMILES string of the molecule is c1ccc(-c2nc3c(o2)c(N(c2ccc(-n4c5ccccc5c5ccccc54)cc2)c2ccc4oc5ccccc5c4c2)cc2ccccc23)cc1. The second-order valence-corrected chi connectivity index (χ2v) is 13.2. The molecule has 0 unspecified atom stereocenters. The fourth-order valence-corrected chi connectivity index (χ4v) is 7.83. The van der Waals surface area contributed by atoms with Crippen LogP contribution in [0.4, 0.5) is 17.1 Å². The molecule has 11 rings (SSSR count). The number of rotatable bonds is 5. The van der Waals surface area contributed by atoms with Crippen LogP contribution in [0, 0.1) is 0 Å². The van der Waals surface area contributed by atoms with Crippen LogP contribution in [0.3, 0.4) is 0 Å². The third kappa shape index (κ3) is 4.33. The molecular formula is C47H29N3O2. The minimum absolute atomic E-state index is 0.589. The Bertz CT molecular complexity index is 3080. The molecule has 0 radical (unpaired) electrons. The van der Waals surface area contributed by atoms with Gasteiger partial charge < -0.3 is 18.3 Å². The predicted molar refractivity (Wildman–Crippen MR) is 213 cm³/mol. The molecule has 244 valence electrons. The van der Waals surface area contributed by atoms with Gasteiger partial charge in [-0.2, -0.15) is 0 Å². The van der Waals surface area contributed by atoms with Crippen molar-refractivity contribution in [2.45, 2.75) is 0 Å². The predicted octanol–water partition coefficient (Wildman–Crippen LogP) is 13.1. The van der Waals surface area contributed by atoms with Crippen LogP contribution in [0.2, 0.25) is 0 Å². The van der Waals surface area contributed by atoms with E-state index in [1.165, 1.54) is 21.8 Å². The summed E-state index contributed by atoms with van der Waals surface area (Å²) < 4.78 is 15.4. The zero-order valence-corrected chi connectivity index (χ0v) is 27.9. The van der Waals surface area contributed by atoms with Crippen LogP contribution in [0.25, 0.3) is 82.8 Å². The lowest BCUT2D eigenvalue weighted by Crippen LogP contribution is -2.10. The molecule has 5 nitrogen and oxygen atoms in total. The summed E-state index contributed by atoms with van der Waals surface area (Å²) in [5, 5.41) is 6.74. The van der Waals surface area contributed by atoms with E-state index in [2.05, 4.69) is 143 Å². The maximum absolute atomic E-state index is 6.76. The Morgan fingerprint density at radius 2 is 1.08 bits per heavy atom. The average Bonchev–Trinajstić information content (AvgIpc) is 3.91. The molecule has 0 aliphatic carbocycles. The second-order valence-electron chi connectivity index (χ2n) is 13.2. The Morgan fingerprint density at radius 3 is 1.85 bits per heavy atom. The standard InChI is InChI=1S/C47H29N3O2/c1-2-12-30(13-3-1)47-48-45-35-15-5-4-14-31(35)28-42(46(45)52-47)49(34-26-27-44-39(29-34)38-18-8-11-21-43(38)51-44)32-22-24-33(25-23-32)50-40-19-9-6-16-36(40)37-17-7-10-20-41(37)50/h1-29H. The van der Waals surface area contributed by atoms with Crippen molar-refractivity contribution in [3.63, 3.8) is 0 Å². The van der Waals surface area contributed by atoms with Crippen LogP contribution >= 0.6 is 0 Å². The molecule has 0 amide bonds. The smallest absolute Gasteiger partial charge is 0.227 e. The van der Waals surface area contributed by atoms with Gasteiger partial charge in [-0.1, -0.05) is 97.1 Å². The van der Waals surface area contributed by atoms with Crippen molar-refractivity contribution in [3.8, 4) is 17.1 Å². The van der Waals surface area contributed by atoms with E-state index in [0.717, 1.165) is 72.1 Å². The third-order valence-electron chi connectivity index (χ3n) is 10.2. The number of nitrogens with zero attached hydrogens (tertiary/aromatic N) is 3. The highest BCUT2D eigenvalue weighted by Crippen LogP contribution is 2.45. The quantitative estimate of drug-likeness (QED) is 0.183. The molecule has 0 spiro atoms. The third-order valence-corrected chi connectivity index (χ3v) is 10.2. The first-order chi connectivity index (χ1) is 25.8. The first kappa shape index (κ1) is 28.7. The largest absolute Gasteiger partial charge is 0.456 e. The number of hydrogen-bond acceptors (Lipinski definition) is 4. The maximum atomic E-state index is 6.76. The molecular weight excluding hydrogens is 639 g/mol. The van der Waals surface area contributed by atoms with Crippen molar-refractivity contribution in [2.75, 3.05) is 4.90 Å². The zero-order valence-electron chi connectivity index (χ0n) is 27.9. The van der Waals surface area contributed by atoms with E-state index in [-0.39, 0.29) is 0 Å². The summed E-state index contributed by atoms with van der Waals surface area (Å²) >= 11 is 0. The normalized spacial score (nSPS) is 11.8. The van der Waals surface area contributed by atoms with Gasteiger partial charge >= 0.3 is 0 Å². The molecule has 0 aliphatic rings.